The first-order chi connectivity index (χ1) is 8.56. The molecular weight excluding hydrogens is 246 g/mol. The molecule has 0 spiro atoms. The van der Waals surface area contributed by atoms with Crippen LogP contribution in [0.5, 0.6) is 0 Å². The van der Waals surface area contributed by atoms with E-state index in [1.807, 2.05) is 20.8 Å². The van der Waals surface area contributed by atoms with Crippen LogP contribution in [0.2, 0.25) is 0 Å². The molecule has 102 valence electrons. The molecule has 0 fully saturated rings. The van der Waals surface area contributed by atoms with Gasteiger partial charge in [0.2, 0.25) is 11.0 Å². The van der Waals surface area contributed by atoms with Gasteiger partial charge in [-0.15, -0.1) is 10.2 Å². The maximum atomic E-state index is 12.2. The monoisotopic (exact) mass is 269 g/mol. The van der Waals surface area contributed by atoms with Crippen LogP contribution in [0.3, 0.4) is 0 Å². The van der Waals surface area contributed by atoms with Gasteiger partial charge in [0.05, 0.1) is 0 Å². The summed E-state index contributed by atoms with van der Waals surface area (Å²) in [5, 5.41) is 9.73. The van der Waals surface area contributed by atoms with Crippen LogP contribution in [0.4, 0.5) is 5.13 Å². The molecular formula is C13H23N3OS. The number of nitrogens with zero attached hydrogens (tertiary/aromatic N) is 3. The summed E-state index contributed by atoms with van der Waals surface area (Å²) in [4.78, 5) is 14.0. The molecule has 5 heteroatoms. The van der Waals surface area contributed by atoms with Gasteiger partial charge in [-0.1, -0.05) is 51.4 Å². The smallest absolute Gasteiger partial charge is 0.231 e. The summed E-state index contributed by atoms with van der Waals surface area (Å²) in [5.41, 5.74) is 0. The number of anilines is 1. The van der Waals surface area contributed by atoms with Crippen LogP contribution in [0, 0.1) is 12.8 Å². The minimum atomic E-state index is 0.000353. The Bertz CT molecular complexity index is 376. The number of aromatic nitrogens is 2. The number of carbonyl (C=O) groups is 1. The summed E-state index contributed by atoms with van der Waals surface area (Å²) in [6, 6.07) is 0. The van der Waals surface area contributed by atoms with Crippen LogP contribution in [0.1, 0.15) is 51.5 Å². The van der Waals surface area contributed by atoms with Crippen molar-refractivity contribution in [1.29, 1.82) is 0 Å². The van der Waals surface area contributed by atoms with Crippen LogP contribution >= 0.6 is 11.3 Å². The second-order valence-electron chi connectivity index (χ2n) is 4.81. The Hall–Kier alpha value is -0.970. The lowest BCUT2D eigenvalue weighted by Crippen LogP contribution is -2.35. The van der Waals surface area contributed by atoms with Gasteiger partial charge in [-0.2, -0.15) is 0 Å². The summed E-state index contributed by atoms with van der Waals surface area (Å²) in [6.07, 6.45) is 4.62. The van der Waals surface area contributed by atoms with Gasteiger partial charge in [-0.3, -0.25) is 9.69 Å². The standard InChI is InChI=1S/C13H23N3OS/c1-5-6-7-8-9-16(12(17)10(2)3)13-15-14-11(4)18-13/h10H,5-9H2,1-4H3. The molecule has 4 nitrogen and oxygen atoms in total. The third-order valence-corrected chi connectivity index (χ3v) is 3.60. The summed E-state index contributed by atoms with van der Waals surface area (Å²) < 4.78 is 0. The average Bonchev–Trinajstić information content (AvgIpc) is 2.75. The van der Waals surface area contributed by atoms with Crippen LogP contribution in [0.15, 0.2) is 0 Å². The van der Waals surface area contributed by atoms with E-state index in [0.717, 1.165) is 29.5 Å². The van der Waals surface area contributed by atoms with Crippen molar-refractivity contribution in [3.63, 3.8) is 0 Å². The normalized spacial score (nSPS) is 10.9. The predicted octanol–water partition coefficient (Wildman–Crippen LogP) is 3.42. The molecule has 0 atom stereocenters. The molecule has 0 aliphatic carbocycles. The van der Waals surface area contributed by atoms with Crippen molar-refractivity contribution in [3.8, 4) is 0 Å². The van der Waals surface area contributed by atoms with E-state index in [2.05, 4.69) is 17.1 Å². The molecule has 0 aromatic carbocycles. The van der Waals surface area contributed by atoms with E-state index < -0.39 is 0 Å². The molecule has 1 amide bonds. The van der Waals surface area contributed by atoms with E-state index in [1.54, 1.807) is 4.90 Å². The van der Waals surface area contributed by atoms with Crippen LogP contribution in [-0.2, 0) is 4.79 Å². The van der Waals surface area contributed by atoms with Gasteiger partial charge < -0.3 is 0 Å². The number of rotatable bonds is 7. The number of carbonyl (C=O) groups excluding carboxylic acids is 1. The first kappa shape index (κ1) is 15.1. The Balaban J connectivity index is 2.67. The zero-order valence-corrected chi connectivity index (χ0v) is 12.6. The quantitative estimate of drug-likeness (QED) is 0.713. The summed E-state index contributed by atoms with van der Waals surface area (Å²) >= 11 is 1.49. The van der Waals surface area contributed by atoms with Gasteiger partial charge >= 0.3 is 0 Å². The zero-order chi connectivity index (χ0) is 13.5. The average molecular weight is 269 g/mol. The molecule has 0 N–H and O–H groups in total. The molecule has 0 bridgehead atoms. The number of amides is 1. The molecule has 1 aromatic rings. The SMILES string of the molecule is CCCCCCN(C(=O)C(C)C)c1nnc(C)s1. The van der Waals surface area contributed by atoms with E-state index in [9.17, 15) is 4.79 Å². The van der Waals surface area contributed by atoms with Gasteiger partial charge in [0.1, 0.15) is 5.01 Å². The Morgan fingerprint density at radius 2 is 2.00 bits per heavy atom. The highest BCUT2D eigenvalue weighted by molar-refractivity contribution is 7.15. The minimum Gasteiger partial charge on any atom is -0.286 e. The lowest BCUT2D eigenvalue weighted by molar-refractivity contribution is -0.121. The lowest BCUT2D eigenvalue weighted by atomic mass is 10.1. The van der Waals surface area contributed by atoms with Crippen molar-refractivity contribution in [1.82, 2.24) is 10.2 Å². The molecule has 1 aromatic heterocycles. The minimum absolute atomic E-state index is 0.000353. The summed E-state index contributed by atoms with van der Waals surface area (Å²) in [7, 11) is 0. The van der Waals surface area contributed by atoms with E-state index in [-0.39, 0.29) is 11.8 Å². The van der Waals surface area contributed by atoms with Crippen molar-refractivity contribution >= 4 is 22.4 Å². The molecule has 18 heavy (non-hydrogen) atoms. The van der Waals surface area contributed by atoms with Gasteiger partial charge in [0.15, 0.2) is 0 Å². The highest BCUT2D eigenvalue weighted by Crippen LogP contribution is 2.22. The topological polar surface area (TPSA) is 46.1 Å². The summed E-state index contributed by atoms with van der Waals surface area (Å²) in [5.74, 6) is 0.142. The molecule has 0 aliphatic heterocycles. The number of hydrogen-bond acceptors (Lipinski definition) is 4. The van der Waals surface area contributed by atoms with Gasteiger partial charge in [0, 0.05) is 12.5 Å². The molecule has 0 saturated carbocycles. The van der Waals surface area contributed by atoms with Crippen molar-refractivity contribution in [2.24, 2.45) is 5.92 Å². The first-order valence-electron chi connectivity index (χ1n) is 6.67. The second kappa shape index (κ2) is 7.46. The van der Waals surface area contributed by atoms with Gasteiger partial charge in [-0.25, -0.2) is 0 Å². The fraction of sp³-hybridized carbons (Fsp3) is 0.769. The lowest BCUT2D eigenvalue weighted by Gasteiger charge is -2.21. The number of unbranched alkanes of at least 4 members (excludes halogenated alkanes) is 3. The van der Waals surface area contributed by atoms with E-state index in [1.165, 1.54) is 24.2 Å². The number of aryl methyl sites for hydroxylation is 1. The fourth-order valence-electron chi connectivity index (χ4n) is 1.70. The van der Waals surface area contributed by atoms with Crippen molar-refractivity contribution in [3.05, 3.63) is 5.01 Å². The van der Waals surface area contributed by atoms with Gasteiger partial charge in [0.25, 0.3) is 0 Å². The third-order valence-electron chi connectivity index (χ3n) is 2.74. The highest BCUT2D eigenvalue weighted by Gasteiger charge is 2.21. The first-order valence-corrected chi connectivity index (χ1v) is 7.49. The maximum absolute atomic E-state index is 12.2. The highest BCUT2D eigenvalue weighted by atomic mass is 32.1. The van der Waals surface area contributed by atoms with Crippen molar-refractivity contribution < 1.29 is 4.79 Å². The second-order valence-corrected chi connectivity index (χ2v) is 5.97. The Morgan fingerprint density at radius 1 is 1.28 bits per heavy atom. The van der Waals surface area contributed by atoms with Crippen LogP contribution in [0.25, 0.3) is 0 Å². The Labute approximate surface area is 113 Å². The molecule has 0 saturated heterocycles. The molecule has 1 heterocycles. The maximum Gasteiger partial charge on any atom is 0.231 e. The molecule has 0 unspecified atom stereocenters. The van der Waals surface area contributed by atoms with Crippen LogP contribution < -0.4 is 4.90 Å². The molecule has 1 rings (SSSR count). The fourth-order valence-corrected chi connectivity index (χ4v) is 2.42. The van der Waals surface area contributed by atoms with Gasteiger partial charge in [-0.05, 0) is 13.3 Å². The van der Waals surface area contributed by atoms with E-state index >= 15 is 0 Å². The Morgan fingerprint density at radius 3 is 2.50 bits per heavy atom. The van der Waals surface area contributed by atoms with Crippen molar-refractivity contribution in [2.45, 2.75) is 53.4 Å². The van der Waals surface area contributed by atoms with Crippen LogP contribution in [-0.4, -0.2) is 22.6 Å². The number of hydrogen-bond donors (Lipinski definition) is 0. The largest absolute Gasteiger partial charge is 0.286 e. The zero-order valence-electron chi connectivity index (χ0n) is 11.8. The molecule has 0 aliphatic rings. The summed E-state index contributed by atoms with van der Waals surface area (Å²) in [6.45, 7) is 8.71. The third kappa shape index (κ3) is 4.37. The van der Waals surface area contributed by atoms with Crippen molar-refractivity contribution in [2.75, 3.05) is 11.4 Å². The van der Waals surface area contributed by atoms with E-state index in [4.69, 9.17) is 0 Å². The Kier molecular flexibility index (Phi) is 6.25. The van der Waals surface area contributed by atoms with E-state index in [0.29, 0.717) is 0 Å². The molecule has 0 radical (unpaired) electrons. The predicted molar refractivity (Wildman–Crippen MR) is 76.0 cm³/mol.